The number of hydrogen-bond donors (Lipinski definition) is 4. The first-order valence-corrected chi connectivity index (χ1v) is 9.25. The fourth-order valence-corrected chi connectivity index (χ4v) is 2.72. The molecule has 0 aliphatic rings. The predicted octanol–water partition coefficient (Wildman–Crippen LogP) is 2.88. The lowest BCUT2D eigenvalue weighted by Crippen LogP contribution is -2.43. The number of amides is 3. The molecule has 0 saturated heterocycles. The van der Waals surface area contributed by atoms with Gasteiger partial charge in [0, 0.05) is 17.7 Å². The largest absolute Gasteiger partial charge is 0.340 e. The van der Waals surface area contributed by atoms with Gasteiger partial charge in [-0.25, -0.2) is 5.48 Å². The van der Waals surface area contributed by atoms with Gasteiger partial charge in [0.2, 0.25) is 11.8 Å². The van der Waals surface area contributed by atoms with E-state index in [1.165, 1.54) is 0 Å². The van der Waals surface area contributed by atoms with Gasteiger partial charge in [-0.1, -0.05) is 49.2 Å². The molecule has 1 atom stereocenters. The highest BCUT2D eigenvalue weighted by atomic mass is 16.5. The first-order chi connectivity index (χ1) is 13.6. The Labute approximate surface area is 164 Å². The van der Waals surface area contributed by atoms with E-state index in [0.717, 1.165) is 0 Å². The summed E-state index contributed by atoms with van der Waals surface area (Å²) >= 11 is 0. The van der Waals surface area contributed by atoms with Crippen molar-refractivity contribution < 1.29 is 19.6 Å². The van der Waals surface area contributed by atoms with Crippen LogP contribution in [-0.4, -0.2) is 29.0 Å². The maximum absolute atomic E-state index is 12.7. The quantitative estimate of drug-likeness (QED) is 0.287. The SMILES string of the molecule is O=C(CCCCC[C@H](NC(=O)c1ccccc1)C(=O)Nc1ccccc1)NO. The van der Waals surface area contributed by atoms with Crippen LogP contribution < -0.4 is 16.1 Å². The maximum Gasteiger partial charge on any atom is 0.251 e. The molecule has 0 unspecified atom stereocenters. The lowest BCUT2D eigenvalue weighted by Gasteiger charge is -2.18. The second-order valence-electron chi connectivity index (χ2n) is 6.38. The van der Waals surface area contributed by atoms with Gasteiger partial charge < -0.3 is 10.6 Å². The molecule has 0 aliphatic carbocycles. The zero-order chi connectivity index (χ0) is 20.2. The lowest BCUT2D eigenvalue weighted by atomic mass is 10.1. The number of benzene rings is 2. The van der Waals surface area contributed by atoms with Gasteiger partial charge in [0.25, 0.3) is 5.91 Å². The molecule has 28 heavy (non-hydrogen) atoms. The molecule has 0 spiro atoms. The van der Waals surface area contributed by atoms with Gasteiger partial charge in [0.15, 0.2) is 0 Å². The monoisotopic (exact) mass is 383 g/mol. The third-order valence-electron chi connectivity index (χ3n) is 4.22. The molecule has 3 amide bonds. The molecule has 2 rings (SSSR count). The van der Waals surface area contributed by atoms with E-state index >= 15 is 0 Å². The fourth-order valence-electron chi connectivity index (χ4n) is 2.72. The van der Waals surface area contributed by atoms with Crippen molar-refractivity contribution in [3.05, 3.63) is 66.2 Å². The van der Waals surface area contributed by atoms with E-state index in [-0.39, 0.29) is 18.2 Å². The van der Waals surface area contributed by atoms with Crippen molar-refractivity contribution in [3.8, 4) is 0 Å². The zero-order valence-corrected chi connectivity index (χ0v) is 15.6. The van der Waals surface area contributed by atoms with Crippen molar-refractivity contribution >= 4 is 23.4 Å². The van der Waals surface area contributed by atoms with Crippen LogP contribution >= 0.6 is 0 Å². The van der Waals surface area contributed by atoms with Crippen LogP contribution in [0.3, 0.4) is 0 Å². The summed E-state index contributed by atoms with van der Waals surface area (Å²) in [5.74, 6) is -1.03. The van der Waals surface area contributed by atoms with Crippen molar-refractivity contribution in [2.75, 3.05) is 5.32 Å². The molecule has 0 bridgehead atoms. The molecule has 0 aliphatic heterocycles. The molecule has 2 aromatic rings. The van der Waals surface area contributed by atoms with Crippen LogP contribution in [0.1, 0.15) is 42.5 Å². The molecule has 0 aromatic heterocycles. The Morgan fingerprint density at radius 3 is 2.14 bits per heavy atom. The highest BCUT2D eigenvalue weighted by Crippen LogP contribution is 2.11. The first kappa shape index (κ1) is 21.1. The van der Waals surface area contributed by atoms with Gasteiger partial charge >= 0.3 is 0 Å². The van der Waals surface area contributed by atoms with Gasteiger partial charge in [-0.2, -0.15) is 0 Å². The number of hydroxylamine groups is 1. The number of carbonyl (C=O) groups is 3. The molecule has 0 heterocycles. The Morgan fingerprint density at radius 1 is 0.857 bits per heavy atom. The number of hydrogen-bond acceptors (Lipinski definition) is 4. The van der Waals surface area contributed by atoms with Gasteiger partial charge in [-0.05, 0) is 37.1 Å². The van der Waals surface area contributed by atoms with Gasteiger partial charge in [0.1, 0.15) is 6.04 Å². The van der Waals surface area contributed by atoms with E-state index in [2.05, 4.69) is 10.6 Å². The van der Waals surface area contributed by atoms with Crippen LogP contribution in [-0.2, 0) is 9.59 Å². The second kappa shape index (κ2) is 11.5. The van der Waals surface area contributed by atoms with Crippen LogP contribution in [0.15, 0.2) is 60.7 Å². The second-order valence-corrected chi connectivity index (χ2v) is 6.38. The topological polar surface area (TPSA) is 108 Å². The number of anilines is 1. The molecular weight excluding hydrogens is 358 g/mol. The third kappa shape index (κ3) is 7.20. The summed E-state index contributed by atoms with van der Waals surface area (Å²) in [6.45, 7) is 0. The average molecular weight is 383 g/mol. The number of para-hydroxylation sites is 1. The molecule has 7 nitrogen and oxygen atoms in total. The van der Waals surface area contributed by atoms with Crippen molar-refractivity contribution in [1.29, 1.82) is 0 Å². The Kier molecular flexibility index (Phi) is 8.68. The van der Waals surface area contributed by atoms with E-state index in [9.17, 15) is 14.4 Å². The highest BCUT2D eigenvalue weighted by molar-refractivity contribution is 6.01. The highest BCUT2D eigenvalue weighted by Gasteiger charge is 2.21. The van der Waals surface area contributed by atoms with Crippen molar-refractivity contribution in [2.45, 2.75) is 38.1 Å². The summed E-state index contributed by atoms with van der Waals surface area (Å²) in [7, 11) is 0. The molecule has 0 fully saturated rings. The van der Waals surface area contributed by atoms with E-state index in [4.69, 9.17) is 5.21 Å². The summed E-state index contributed by atoms with van der Waals surface area (Å²) in [6.07, 6.45) is 2.60. The van der Waals surface area contributed by atoms with Gasteiger partial charge in [-0.15, -0.1) is 0 Å². The smallest absolute Gasteiger partial charge is 0.251 e. The van der Waals surface area contributed by atoms with E-state index in [1.54, 1.807) is 41.9 Å². The van der Waals surface area contributed by atoms with Crippen molar-refractivity contribution in [3.63, 3.8) is 0 Å². The lowest BCUT2D eigenvalue weighted by molar-refractivity contribution is -0.129. The van der Waals surface area contributed by atoms with Crippen LogP contribution in [0.25, 0.3) is 0 Å². The average Bonchev–Trinajstić information content (AvgIpc) is 2.73. The van der Waals surface area contributed by atoms with Crippen LogP contribution in [0.2, 0.25) is 0 Å². The first-order valence-electron chi connectivity index (χ1n) is 9.25. The standard InChI is InChI=1S/C21H25N3O4/c25-19(24-28)15-9-3-8-14-18(21(27)22-17-12-6-2-7-13-17)23-20(26)16-10-4-1-5-11-16/h1-2,4-7,10-13,18,28H,3,8-9,14-15H2,(H,22,27)(H,23,26)(H,24,25)/t18-/m0/s1. The summed E-state index contributed by atoms with van der Waals surface area (Å²) in [5.41, 5.74) is 2.74. The van der Waals surface area contributed by atoms with Gasteiger partial charge in [-0.3, -0.25) is 19.6 Å². The number of carbonyl (C=O) groups excluding carboxylic acids is 3. The van der Waals surface area contributed by atoms with Crippen molar-refractivity contribution in [1.82, 2.24) is 10.8 Å². The Balaban J connectivity index is 1.95. The normalized spacial score (nSPS) is 11.3. The minimum atomic E-state index is -0.695. The van der Waals surface area contributed by atoms with E-state index < -0.39 is 11.9 Å². The maximum atomic E-state index is 12.7. The van der Waals surface area contributed by atoms with Crippen LogP contribution in [0, 0.1) is 0 Å². The zero-order valence-electron chi connectivity index (χ0n) is 15.6. The Bertz CT molecular complexity index is 766. The predicted molar refractivity (Wildman–Crippen MR) is 106 cm³/mol. The summed E-state index contributed by atoms with van der Waals surface area (Å²) in [5, 5.41) is 14.1. The molecule has 148 valence electrons. The number of nitrogens with one attached hydrogen (secondary N) is 3. The molecule has 2 aromatic carbocycles. The molecule has 0 saturated carbocycles. The van der Waals surface area contributed by atoms with E-state index in [1.807, 2.05) is 24.3 Å². The number of rotatable bonds is 10. The fraction of sp³-hybridized carbons (Fsp3) is 0.286. The number of unbranched alkanes of at least 4 members (excludes halogenated alkanes) is 2. The summed E-state index contributed by atoms with van der Waals surface area (Å²) in [4.78, 5) is 36.2. The minimum Gasteiger partial charge on any atom is -0.340 e. The molecule has 0 radical (unpaired) electrons. The minimum absolute atomic E-state index is 0.216. The van der Waals surface area contributed by atoms with Crippen LogP contribution in [0.5, 0.6) is 0 Å². The molecule has 4 N–H and O–H groups in total. The van der Waals surface area contributed by atoms with E-state index in [0.29, 0.717) is 36.9 Å². The van der Waals surface area contributed by atoms with Crippen LogP contribution in [0.4, 0.5) is 5.69 Å². The molecular formula is C21H25N3O4. The summed E-state index contributed by atoms with van der Waals surface area (Å²) in [6, 6.07) is 17.1. The van der Waals surface area contributed by atoms with Crippen molar-refractivity contribution in [2.24, 2.45) is 0 Å². The Hall–Kier alpha value is -3.19. The Morgan fingerprint density at radius 2 is 1.50 bits per heavy atom. The summed E-state index contributed by atoms with van der Waals surface area (Å²) < 4.78 is 0. The van der Waals surface area contributed by atoms with Gasteiger partial charge in [0.05, 0.1) is 0 Å². The molecule has 7 heteroatoms. The third-order valence-corrected chi connectivity index (χ3v) is 4.22.